The predicted molar refractivity (Wildman–Crippen MR) is 80.4 cm³/mol. The minimum absolute atomic E-state index is 0.288. The van der Waals surface area contributed by atoms with Crippen LogP contribution in [0.25, 0.3) is 11.3 Å². The van der Waals surface area contributed by atoms with E-state index in [1.807, 2.05) is 12.1 Å². The summed E-state index contributed by atoms with van der Waals surface area (Å²) in [7, 11) is 1.37. The van der Waals surface area contributed by atoms with Gasteiger partial charge in [0, 0.05) is 17.0 Å². The first-order valence-corrected chi connectivity index (χ1v) is 7.48. The second kappa shape index (κ2) is 6.10. The van der Waals surface area contributed by atoms with E-state index in [1.54, 1.807) is 12.1 Å². The van der Waals surface area contributed by atoms with E-state index in [0.717, 1.165) is 5.56 Å². The van der Waals surface area contributed by atoms with Crippen molar-refractivity contribution in [2.45, 2.75) is 25.4 Å². The quantitative estimate of drug-likeness (QED) is 0.679. The lowest BCUT2D eigenvalue weighted by atomic mass is 10.0. The van der Waals surface area contributed by atoms with E-state index in [9.17, 15) is 9.90 Å². The zero-order valence-electron chi connectivity index (χ0n) is 12.1. The van der Waals surface area contributed by atoms with E-state index in [-0.39, 0.29) is 11.9 Å². The molecule has 6 heteroatoms. The fourth-order valence-electron chi connectivity index (χ4n) is 2.84. The molecule has 3 rings (SSSR count). The summed E-state index contributed by atoms with van der Waals surface area (Å²) in [5, 5.41) is 15.1. The van der Waals surface area contributed by atoms with Gasteiger partial charge in [-0.1, -0.05) is 28.9 Å². The zero-order valence-corrected chi connectivity index (χ0v) is 12.8. The third kappa shape index (κ3) is 2.74. The molecular formula is C16H16ClNO4. The van der Waals surface area contributed by atoms with Crippen molar-refractivity contribution in [3.05, 3.63) is 40.6 Å². The summed E-state index contributed by atoms with van der Waals surface area (Å²) < 4.78 is 10.2. The number of benzene rings is 1. The Bertz CT molecular complexity index is 680. The smallest absolute Gasteiger partial charge is 0.309 e. The van der Waals surface area contributed by atoms with Crippen molar-refractivity contribution in [3.63, 3.8) is 0 Å². The van der Waals surface area contributed by atoms with Gasteiger partial charge in [-0.2, -0.15) is 0 Å². The molecule has 1 N–H and O–H groups in total. The molecule has 2 aromatic rings. The Hall–Kier alpha value is -1.85. The van der Waals surface area contributed by atoms with Crippen LogP contribution < -0.4 is 0 Å². The van der Waals surface area contributed by atoms with E-state index in [0.29, 0.717) is 41.3 Å². The van der Waals surface area contributed by atoms with E-state index >= 15 is 0 Å². The average molecular weight is 322 g/mol. The highest BCUT2D eigenvalue weighted by Gasteiger charge is 2.33. The molecule has 0 bridgehead atoms. The Morgan fingerprint density at radius 1 is 1.36 bits per heavy atom. The van der Waals surface area contributed by atoms with Gasteiger partial charge in [-0.3, -0.25) is 4.79 Å². The summed E-state index contributed by atoms with van der Waals surface area (Å²) in [4.78, 5) is 11.8. The molecule has 116 valence electrons. The molecule has 0 fully saturated rings. The molecule has 1 aromatic carbocycles. The molecule has 5 nitrogen and oxygen atoms in total. The number of esters is 1. The summed E-state index contributed by atoms with van der Waals surface area (Å²) >= 11 is 5.90. The van der Waals surface area contributed by atoms with Crippen molar-refractivity contribution in [2.75, 3.05) is 7.11 Å². The molecule has 1 aromatic heterocycles. The molecule has 1 aliphatic rings. The third-order valence-electron chi connectivity index (χ3n) is 4.01. The van der Waals surface area contributed by atoms with Crippen LogP contribution in [0.5, 0.6) is 0 Å². The van der Waals surface area contributed by atoms with Gasteiger partial charge < -0.3 is 14.4 Å². The number of ether oxygens (including phenoxy) is 1. The largest absolute Gasteiger partial charge is 0.469 e. The van der Waals surface area contributed by atoms with E-state index in [4.69, 9.17) is 20.9 Å². The van der Waals surface area contributed by atoms with Crippen LogP contribution in [0.2, 0.25) is 5.02 Å². The lowest BCUT2D eigenvalue weighted by Gasteiger charge is -2.10. The molecule has 1 aliphatic carbocycles. The maximum atomic E-state index is 11.8. The zero-order chi connectivity index (χ0) is 15.7. The summed E-state index contributed by atoms with van der Waals surface area (Å²) in [6, 6.07) is 7.18. The molecule has 2 atom stereocenters. The van der Waals surface area contributed by atoms with Crippen molar-refractivity contribution in [1.82, 2.24) is 5.16 Å². The summed E-state index contributed by atoms with van der Waals surface area (Å²) in [5.74, 6) is -0.0539. The molecule has 0 radical (unpaired) electrons. The van der Waals surface area contributed by atoms with E-state index in [1.165, 1.54) is 7.11 Å². The van der Waals surface area contributed by atoms with Gasteiger partial charge >= 0.3 is 5.97 Å². The van der Waals surface area contributed by atoms with Crippen LogP contribution in [-0.4, -0.2) is 23.3 Å². The SMILES string of the molecule is COC(=O)C1CCC(O)c2c(-c3ccc(Cl)cc3)noc2C1. The van der Waals surface area contributed by atoms with Crippen molar-refractivity contribution >= 4 is 17.6 Å². The molecule has 22 heavy (non-hydrogen) atoms. The van der Waals surface area contributed by atoms with Crippen LogP contribution in [0.15, 0.2) is 28.8 Å². The molecule has 0 aliphatic heterocycles. The number of hydrogen-bond donors (Lipinski definition) is 1. The maximum absolute atomic E-state index is 11.8. The second-order valence-corrected chi connectivity index (χ2v) is 5.83. The number of hydrogen-bond acceptors (Lipinski definition) is 5. The van der Waals surface area contributed by atoms with E-state index < -0.39 is 6.10 Å². The minimum Gasteiger partial charge on any atom is -0.469 e. The second-order valence-electron chi connectivity index (χ2n) is 5.39. The summed E-state index contributed by atoms with van der Waals surface area (Å²) in [6.45, 7) is 0. The van der Waals surface area contributed by atoms with Crippen LogP contribution in [0.1, 0.15) is 30.3 Å². The molecule has 0 spiro atoms. The first kappa shape index (κ1) is 15.1. The lowest BCUT2D eigenvalue weighted by molar-refractivity contribution is -0.145. The van der Waals surface area contributed by atoms with Gasteiger partial charge in [0.15, 0.2) is 0 Å². The highest BCUT2D eigenvalue weighted by Crippen LogP contribution is 2.38. The minimum atomic E-state index is -0.707. The van der Waals surface area contributed by atoms with Gasteiger partial charge in [-0.05, 0) is 25.0 Å². The van der Waals surface area contributed by atoms with Crippen LogP contribution in [0, 0.1) is 5.92 Å². The monoisotopic (exact) mass is 321 g/mol. The fraction of sp³-hybridized carbons (Fsp3) is 0.375. The van der Waals surface area contributed by atoms with Gasteiger partial charge in [-0.15, -0.1) is 0 Å². The Labute approximate surface area is 132 Å². The number of methoxy groups -OCH3 is 1. The first-order valence-electron chi connectivity index (χ1n) is 7.10. The van der Waals surface area contributed by atoms with Crippen molar-refractivity contribution < 1.29 is 19.2 Å². The number of carbonyl (C=O) groups is 1. The highest BCUT2D eigenvalue weighted by atomic mass is 35.5. The maximum Gasteiger partial charge on any atom is 0.309 e. The van der Waals surface area contributed by atoms with Crippen molar-refractivity contribution in [2.24, 2.45) is 5.92 Å². The fourth-order valence-corrected chi connectivity index (χ4v) is 2.96. The number of fused-ring (bicyclic) bond motifs is 1. The molecule has 2 unspecified atom stereocenters. The molecule has 1 heterocycles. The number of aromatic nitrogens is 1. The standard InChI is InChI=1S/C16H16ClNO4/c1-21-16(20)10-4-7-12(19)14-13(8-10)22-18-15(14)9-2-5-11(17)6-3-9/h2-3,5-6,10,12,19H,4,7-8H2,1H3. The first-order chi connectivity index (χ1) is 10.6. The topological polar surface area (TPSA) is 72.6 Å². The summed E-state index contributed by atoms with van der Waals surface area (Å²) in [5.41, 5.74) is 2.09. The average Bonchev–Trinajstić information content (AvgIpc) is 2.87. The predicted octanol–water partition coefficient (Wildman–Crippen LogP) is 3.15. The Balaban J connectivity index is 1.99. The Morgan fingerprint density at radius 2 is 2.09 bits per heavy atom. The van der Waals surface area contributed by atoms with Gasteiger partial charge in [0.1, 0.15) is 11.5 Å². The number of carbonyl (C=O) groups excluding carboxylic acids is 1. The van der Waals surface area contributed by atoms with Gasteiger partial charge in [0.05, 0.1) is 24.7 Å². The number of aliphatic hydroxyl groups is 1. The number of rotatable bonds is 2. The third-order valence-corrected chi connectivity index (χ3v) is 4.26. The molecular weight excluding hydrogens is 306 g/mol. The van der Waals surface area contributed by atoms with Gasteiger partial charge in [-0.25, -0.2) is 0 Å². The summed E-state index contributed by atoms with van der Waals surface area (Å²) in [6.07, 6.45) is 0.702. The van der Waals surface area contributed by atoms with Crippen molar-refractivity contribution in [3.8, 4) is 11.3 Å². The van der Waals surface area contributed by atoms with Crippen LogP contribution >= 0.6 is 11.6 Å². The number of aliphatic hydroxyl groups excluding tert-OH is 1. The number of nitrogens with zero attached hydrogens (tertiary/aromatic N) is 1. The van der Waals surface area contributed by atoms with Crippen LogP contribution in [0.4, 0.5) is 0 Å². The van der Waals surface area contributed by atoms with Crippen molar-refractivity contribution in [1.29, 1.82) is 0 Å². The Morgan fingerprint density at radius 3 is 2.77 bits per heavy atom. The van der Waals surface area contributed by atoms with Crippen LogP contribution in [-0.2, 0) is 16.0 Å². The van der Waals surface area contributed by atoms with Crippen LogP contribution in [0.3, 0.4) is 0 Å². The van der Waals surface area contributed by atoms with Gasteiger partial charge in [0.25, 0.3) is 0 Å². The lowest BCUT2D eigenvalue weighted by Crippen LogP contribution is -2.17. The number of halogens is 1. The normalized spacial score (nSPS) is 21.0. The molecule has 0 amide bonds. The van der Waals surface area contributed by atoms with Gasteiger partial charge in [0.2, 0.25) is 0 Å². The van der Waals surface area contributed by atoms with E-state index in [2.05, 4.69) is 5.16 Å². The molecule has 0 saturated carbocycles. The highest BCUT2D eigenvalue weighted by molar-refractivity contribution is 6.30. The molecule has 0 saturated heterocycles. The Kier molecular flexibility index (Phi) is 4.18.